The highest BCUT2D eigenvalue weighted by molar-refractivity contribution is 5.34. The Morgan fingerprint density at radius 2 is 2.10 bits per heavy atom. The molecule has 20 heavy (non-hydrogen) atoms. The number of anilines is 1. The van der Waals surface area contributed by atoms with E-state index in [1.165, 1.54) is 6.07 Å². The van der Waals surface area contributed by atoms with Gasteiger partial charge in [0.1, 0.15) is 11.6 Å². The average molecular weight is 277 g/mol. The first-order valence-corrected chi connectivity index (χ1v) is 7.62. The fourth-order valence-corrected chi connectivity index (χ4v) is 2.85. The van der Waals surface area contributed by atoms with Gasteiger partial charge >= 0.3 is 0 Å². The second-order valence-electron chi connectivity index (χ2n) is 6.55. The maximum absolute atomic E-state index is 11.6. The smallest absolute Gasteiger partial charge is 0.252 e. The van der Waals surface area contributed by atoms with Crippen molar-refractivity contribution < 1.29 is 5.11 Å². The SMILES string of the molecule is CC1CCC(O)(CNc2cc(=O)[nH]c(C3CC3)n2)CC1. The number of aliphatic hydroxyl groups is 1. The molecule has 2 aliphatic rings. The van der Waals surface area contributed by atoms with Crippen molar-refractivity contribution in [1.82, 2.24) is 9.97 Å². The van der Waals surface area contributed by atoms with Crippen molar-refractivity contribution in [2.24, 2.45) is 5.92 Å². The Morgan fingerprint density at radius 3 is 2.75 bits per heavy atom. The minimum Gasteiger partial charge on any atom is -0.388 e. The molecule has 0 aliphatic heterocycles. The molecule has 2 saturated carbocycles. The summed E-state index contributed by atoms with van der Waals surface area (Å²) in [6, 6.07) is 1.47. The lowest BCUT2D eigenvalue weighted by Crippen LogP contribution is -2.40. The molecule has 3 N–H and O–H groups in total. The van der Waals surface area contributed by atoms with Gasteiger partial charge in [-0.05, 0) is 44.4 Å². The molecular weight excluding hydrogens is 254 g/mol. The first-order chi connectivity index (χ1) is 9.54. The lowest BCUT2D eigenvalue weighted by Gasteiger charge is -2.35. The van der Waals surface area contributed by atoms with Gasteiger partial charge < -0.3 is 15.4 Å². The Hall–Kier alpha value is -1.36. The zero-order valence-electron chi connectivity index (χ0n) is 12.0. The van der Waals surface area contributed by atoms with Crippen LogP contribution in [0.4, 0.5) is 5.82 Å². The predicted molar refractivity (Wildman–Crippen MR) is 77.9 cm³/mol. The number of rotatable bonds is 4. The van der Waals surface area contributed by atoms with E-state index in [4.69, 9.17) is 0 Å². The second kappa shape index (κ2) is 5.20. The van der Waals surface area contributed by atoms with Gasteiger partial charge in [0.25, 0.3) is 5.56 Å². The summed E-state index contributed by atoms with van der Waals surface area (Å²) in [5.41, 5.74) is -0.773. The normalized spacial score (nSPS) is 30.2. The van der Waals surface area contributed by atoms with Crippen LogP contribution >= 0.6 is 0 Å². The minimum absolute atomic E-state index is 0.117. The summed E-state index contributed by atoms with van der Waals surface area (Å²) in [4.78, 5) is 18.9. The van der Waals surface area contributed by atoms with E-state index in [9.17, 15) is 9.90 Å². The Morgan fingerprint density at radius 1 is 1.40 bits per heavy atom. The Kier molecular flexibility index (Phi) is 3.54. The highest BCUT2D eigenvalue weighted by Crippen LogP contribution is 2.37. The van der Waals surface area contributed by atoms with Crippen molar-refractivity contribution in [2.75, 3.05) is 11.9 Å². The van der Waals surface area contributed by atoms with Crippen LogP contribution in [-0.4, -0.2) is 27.2 Å². The van der Waals surface area contributed by atoms with Gasteiger partial charge in [-0.3, -0.25) is 4.79 Å². The molecule has 3 rings (SSSR count). The monoisotopic (exact) mass is 277 g/mol. The van der Waals surface area contributed by atoms with E-state index in [1.807, 2.05) is 0 Å². The number of nitrogens with one attached hydrogen (secondary N) is 2. The standard InChI is InChI=1S/C15H23N3O2/c1-10-4-6-15(20,7-5-10)9-16-12-8-13(19)18-14(17-12)11-2-3-11/h8,10-11,20H,2-7,9H2,1H3,(H2,16,17,18,19). The van der Waals surface area contributed by atoms with Crippen molar-refractivity contribution in [2.45, 2.75) is 57.0 Å². The molecule has 0 bridgehead atoms. The van der Waals surface area contributed by atoms with E-state index in [-0.39, 0.29) is 5.56 Å². The van der Waals surface area contributed by atoms with Crippen LogP contribution in [0.15, 0.2) is 10.9 Å². The molecule has 0 saturated heterocycles. The summed E-state index contributed by atoms with van der Waals surface area (Å²) in [6.07, 6.45) is 5.98. The van der Waals surface area contributed by atoms with Gasteiger partial charge in [0, 0.05) is 18.5 Å². The maximum Gasteiger partial charge on any atom is 0.252 e. The van der Waals surface area contributed by atoms with Gasteiger partial charge in [0.05, 0.1) is 5.60 Å². The van der Waals surface area contributed by atoms with Crippen molar-refractivity contribution in [1.29, 1.82) is 0 Å². The van der Waals surface area contributed by atoms with Crippen LogP contribution < -0.4 is 10.9 Å². The molecule has 1 aromatic rings. The lowest BCUT2D eigenvalue weighted by atomic mass is 9.79. The number of hydrogen-bond acceptors (Lipinski definition) is 4. The molecule has 0 unspecified atom stereocenters. The van der Waals surface area contributed by atoms with E-state index in [0.29, 0.717) is 24.2 Å². The number of aromatic nitrogens is 2. The molecule has 0 aromatic carbocycles. The molecule has 0 atom stereocenters. The molecule has 2 aliphatic carbocycles. The van der Waals surface area contributed by atoms with Crippen LogP contribution in [0, 0.1) is 5.92 Å². The number of hydrogen-bond donors (Lipinski definition) is 3. The van der Waals surface area contributed by atoms with Gasteiger partial charge in [-0.2, -0.15) is 0 Å². The topological polar surface area (TPSA) is 78.0 Å². The average Bonchev–Trinajstić information content (AvgIpc) is 3.24. The molecule has 1 aromatic heterocycles. The quantitative estimate of drug-likeness (QED) is 0.786. The van der Waals surface area contributed by atoms with Gasteiger partial charge in [-0.1, -0.05) is 6.92 Å². The van der Waals surface area contributed by atoms with Crippen molar-refractivity contribution in [3.8, 4) is 0 Å². The van der Waals surface area contributed by atoms with Crippen molar-refractivity contribution in [3.05, 3.63) is 22.2 Å². The third-order valence-electron chi connectivity index (χ3n) is 4.53. The second-order valence-corrected chi connectivity index (χ2v) is 6.55. The van der Waals surface area contributed by atoms with Crippen LogP contribution in [0.1, 0.15) is 57.2 Å². The van der Waals surface area contributed by atoms with Crippen molar-refractivity contribution >= 4 is 5.82 Å². The zero-order valence-corrected chi connectivity index (χ0v) is 12.0. The molecule has 110 valence electrons. The van der Waals surface area contributed by atoms with Crippen LogP contribution in [-0.2, 0) is 0 Å². The predicted octanol–water partition coefficient (Wildman–Crippen LogP) is 2.00. The molecule has 2 fully saturated rings. The van der Waals surface area contributed by atoms with E-state index in [2.05, 4.69) is 22.2 Å². The fourth-order valence-electron chi connectivity index (χ4n) is 2.85. The Balaban J connectivity index is 1.64. The van der Waals surface area contributed by atoms with E-state index >= 15 is 0 Å². The largest absolute Gasteiger partial charge is 0.388 e. The summed E-state index contributed by atoms with van der Waals surface area (Å²) in [5.74, 6) is 2.49. The van der Waals surface area contributed by atoms with Gasteiger partial charge in [0.15, 0.2) is 0 Å². The van der Waals surface area contributed by atoms with E-state index < -0.39 is 5.60 Å². The molecular formula is C15H23N3O2. The summed E-state index contributed by atoms with van der Waals surface area (Å²) in [5, 5.41) is 13.7. The summed E-state index contributed by atoms with van der Waals surface area (Å²) in [7, 11) is 0. The fraction of sp³-hybridized carbons (Fsp3) is 0.733. The molecule has 1 heterocycles. The maximum atomic E-state index is 11.6. The lowest BCUT2D eigenvalue weighted by molar-refractivity contribution is 0.00494. The van der Waals surface area contributed by atoms with Crippen LogP contribution in [0.3, 0.4) is 0 Å². The van der Waals surface area contributed by atoms with Crippen molar-refractivity contribution in [3.63, 3.8) is 0 Å². The Labute approximate surface area is 118 Å². The third kappa shape index (κ3) is 3.20. The van der Waals surface area contributed by atoms with Gasteiger partial charge in [-0.25, -0.2) is 4.98 Å². The van der Waals surface area contributed by atoms with Gasteiger partial charge in [0.2, 0.25) is 0 Å². The molecule has 0 radical (unpaired) electrons. The first kappa shape index (κ1) is 13.6. The van der Waals surface area contributed by atoms with Gasteiger partial charge in [-0.15, -0.1) is 0 Å². The zero-order chi connectivity index (χ0) is 14.2. The molecule has 5 heteroatoms. The number of H-pyrrole nitrogens is 1. The number of nitrogens with zero attached hydrogens (tertiary/aromatic N) is 1. The van der Waals surface area contributed by atoms with Crippen LogP contribution in [0.2, 0.25) is 0 Å². The van der Waals surface area contributed by atoms with E-state index in [1.54, 1.807) is 0 Å². The molecule has 0 amide bonds. The Bertz CT molecular complexity index is 528. The van der Waals surface area contributed by atoms with E-state index in [0.717, 1.165) is 44.3 Å². The first-order valence-electron chi connectivity index (χ1n) is 7.62. The summed E-state index contributed by atoms with van der Waals surface area (Å²) in [6.45, 7) is 2.70. The third-order valence-corrected chi connectivity index (χ3v) is 4.53. The molecule has 5 nitrogen and oxygen atoms in total. The summed E-state index contributed by atoms with van der Waals surface area (Å²) >= 11 is 0. The van der Waals surface area contributed by atoms with Crippen LogP contribution in [0.5, 0.6) is 0 Å². The highest BCUT2D eigenvalue weighted by atomic mass is 16.3. The minimum atomic E-state index is -0.656. The molecule has 0 spiro atoms. The number of aromatic amines is 1. The highest BCUT2D eigenvalue weighted by Gasteiger charge is 2.32. The van der Waals surface area contributed by atoms with Crippen LogP contribution in [0.25, 0.3) is 0 Å². The summed E-state index contributed by atoms with van der Waals surface area (Å²) < 4.78 is 0.